The lowest BCUT2D eigenvalue weighted by atomic mass is 9.90. The Morgan fingerprint density at radius 3 is 2.72 bits per heavy atom. The maximum atomic E-state index is 12.0. The average Bonchev–Trinajstić information content (AvgIpc) is 2.58. The van der Waals surface area contributed by atoms with E-state index in [1.54, 1.807) is 6.20 Å². The van der Waals surface area contributed by atoms with E-state index < -0.39 is 11.7 Å². The maximum Gasteiger partial charge on any atom is 0.407 e. The van der Waals surface area contributed by atoms with Gasteiger partial charge in [0.15, 0.2) is 0 Å². The minimum absolute atomic E-state index is 0.0525. The fourth-order valence-corrected chi connectivity index (χ4v) is 2.95. The molecule has 0 fully saturated rings. The summed E-state index contributed by atoms with van der Waals surface area (Å²) in [6.07, 6.45) is 2.05. The highest BCUT2D eigenvalue weighted by Crippen LogP contribution is 2.40. The number of nitrogens with one attached hydrogen (secondary N) is 1. The Hall–Kier alpha value is -2.56. The van der Waals surface area contributed by atoms with Crippen LogP contribution in [-0.2, 0) is 4.74 Å². The first-order valence-corrected chi connectivity index (χ1v) is 8.56. The molecule has 1 amide bonds. The van der Waals surface area contributed by atoms with Crippen LogP contribution in [0.25, 0.3) is 0 Å². The predicted molar refractivity (Wildman–Crippen MR) is 95.6 cm³/mol. The molecule has 5 nitrogen and oxygen atoms in total. The molecule has 0 bridgehead atoms. The Balaban J connectivity index is 1.74. The van der Waals surface area contributed by atoms with E-state index in [-0.39, 0.29) is 12.0 Å². The van der Waals surface area contributed by atoms with Crippen LogP contribution in [0.4, 0.5) is 4.79 Å². The number of alkyl carbamates (subject to hydrolysis) is 1. The molecule has 2 aromatic rings. The van der Waals surface area contributed by atoms with Gasteiger partial charge in [0.25, 0.3) is 0 Å². The van der Waals surface area contributed by atoms with Crippen molar-refractivity contribution in [2.24, 2.45) is 0 Å². The zero-order valence-corrected chi connectivity index (χ0v) is 14.9. The monoisotopic (exact) mass is 340 g/mol. The number of benzene rings is 1. The molecule has 25 heavy (non-hydrogen) atoms. The van der Waals surface area contributed by atoms with Gasteiger partial charge in [0.2, 0.25) is 0 Å². The summed E-state index contributed by atoms with van der Waals surface area (Å²) in [5, 5.41) is 2.87. The summed E-state index contributed by atoms with van der Waals surface area (Å²) in [5.74, 6) is 0.848. The molecule has 3 rings (SSSR count). The van der Waals surface area contributed by atoms with Gasteiger partial charge in [0, 0.05) is 18.7 Å². The number of hydrogen-bond acceptors (Lipinski definition) is 4. The summed E-state index contributed by atoms with van der Waals surface area (Å²) in [5.41, 5.74) is 1.49. The highest BCUT2D eigenvalue weighted by atomic mass is 16.6. The van der Waals surface area contributed by atoms with Crippen molar-refractivity contribution in [2.45, 2.75) is 44.8 Å². The van der Waals surface area contributed by atoms with Gasteiger partial charge in [-0.15, -0.1) is 0 Å². The summed E-state index contributed by atoms with van der Waals surface area (Å²) in [4.78, 5) is 16.4. The molecule has 0 unspecified atom stereocenters. The Labute approximate surface area is 148 Å². The summed E-state index contributed by atoms with van der Waals surface area (Å²) in [6, 6.07) is 13.9. The van der Waals surface area contributed by atoms with Crippen molar-refractivity contribution in [1.82, 2.24) is 10.3 Å². The molecule has 132 valence electrons. The van der Waals surface area contributed by atoms with Crippen molar-refractivity contribution in [3.63, 3.8) is 0 Å². The van der Waals surface area contributed by atoms with E-state index in [1.807, 2.05) is 51.1 Å². The van der Waals surface area contributed by atoms with Crippen molar-refractivity contribution >= 4 is 6.09 Å². The lowest BCUT2D eigenvalue weighted by Crippen LogP contribution is -2.36. The number of nitrogens with zero attached hydrogens (tertiary/aromatic N) is 1. The second-order valence-corrected chi connectivity index (χ2v) is 7.22. The largest absolute Gasteiger partial charge is 0.484 e. The van der Waals surface area contributed by atoms with E-state index in [9.17, 15) is 4.79 Å². The van der Waals surface area contributed by atoms with Crippen molar-refractivity contribution in [2.75, 3.05) is 6.54 Å². The van der Waals surface area contributed by atoms with Gasteiger partial charge in [-0.2, -0.15) is 0 Å². The van der Waals surface area contributed by atoms with Gasteiger partial charge in [-0.3, -0.25) is 4.98 Å². The van der Waals surface area contributed by atoms with Gasteiger partial charge in [-0.25, -0.2) is 4.79 Å². The maximum absolute atomic E-state index is 12.0. The van der Waals surface area contributed by atoms with Gasteiger partial charge in [0.1, 0.15) is 17.5 Å². The van der Waals surface area contributed by atoms with Gasteiger partial charge in [-0.1, -0.05) is 30.3 Å². The quantitative estimate of drug-likeness (QED) is 0.909. The second kappa shape index (κ2) is 7.13. The van der Waals surface area contributed by atoms with Crippen LogP contribution in [0.15, 0.2) is 48.7 Å². The third-order valence-corrected chi connectivity index (χ3v) is 4.02. The summed E-state index contributed by atoms with van der Waals surface area (Å²) in [7, 11) is 0. The SMILES string of the molecule is CC(C)(C)OC(=O)NC[C@@H]1C[C@@H](c2ccccc2)Oc2cccnc21. The van der Waals surface area contributed by atoms with Crippen LogP contribution >= 0.6 is 0 Å². The van der Waals surface area contributed by atoms with E-state index in [0.29, 0.717) is 6.54 Å². The van der Waals surface area contributed by atoms with Gasteiger partial charge < -0.3 is 14.8 Å². The summed E-state index contributed by atoms with van der Waals surface area (Å²) >= 11 is 0. The van der Waals surface area contributed by atoms with Crippen LogP contribution in [-0.4, -0.2) is 23.2 Å². The molecule has 0 radical (unpaired) electrons. The van der Waals surface area contributed by atoms with Crippen molar-refractivity contribution in [1.29, 1.82) is 0 Å². The fourth-order valence-electron chi connectivity index (χ4n) is 2.95. The molecule has 1 N–H and O–H groups in total. The molecule has 2 heterocycles. The Morgan fingerprint density at radius 1 is 1.24 bits per heavy atom. The number of ether oxygens (including phenoxy) is 2. The number of fused-ring (bicyclic) bond motifs is 1. The number of amides is 1. The van der Waals surface area contributed by atoms with E-state index in [1.165, 1.54) is 0 Å². The highest BCUT2D eigenvalue weighted by Gasteiger charge is 2.31. The van der Waals surface area contributed by atoms with Crippen LogP contribution in [0, 0.1) is 0 Å². The summed E-state index contributed by atoms with van der Waals surface area (Å²) < 4.78 is 11.5. The lowest BCUT2D eigenvalue weighted by Gasteiger charge is -2.32. The molecule has 0 aliphatic carbocycles. The zero-order valence-electron chi connectivity index (χ0n) is 14.9. The second-order valence-electron chi connectivity index (χ2n) is 7.22. The first kappa shape index (κ1) is 17.3. The van der Waals surface area contributed by atoms with Gasteiger partial charge in [0.05, 0.1) is 5.69 Å². The first-order valence-electron chi connectivity index (χ1n) is 8.56. The molecule has 1 aromatic heterocycles. The molecule has 1 aliphatic heterocycles. The smallest absolute Gasteiger partial charge is 0.407 e. The van der Waals surface area contributed by atoms with Crippen molar-refractivity contribution < 1.29 is 14.3 Å². The average molecular weight is 340 g/mol. The molecule has 0 saturated heterocycles. The number of pyridine rings is 1. The minimum atomic E-state index is -0.511. The van der Waals surface area contributed by atoms with Crippen molar-refractivity contribution in [3.8, 4) is 5.75 Å². The first-order chi connectivity index (χ1) is 11.9. The molecule has 2 atom stereocenters. The molecule has 0 saturated carbocycles. The molecule has 1 aromatic carbocycles. The Kier molecular flexibility index (Phi) is 4.93. The van der Waals surface area contributed by atoms with Crippen LogP contribution in [0.3, 0.4) is 0 Å². The Morgan fingerprint density at radius 2 is 2.00 bits per heavy atom. The number of carbonyl (C=O) groups excluding carboxylic acids is 1. The van der Waals surface area contributed by atoms with Crippen LogP contribution in [0.2, 0.25) is 0 Å². The molecular weight excluding hydrogens is 316 g/mol. The van der Waals surface area contributed by atoms with E-state index in [0.717, 1.165) is 23.4 Å². The minimum Gasteiger partial charge on any atom is -0.484 e. The molecule has 1 aliphatic rings. The molecular formula is C20H24N2O3. The standard InChI is InChI=1S/C20H24N2O3/c1-20(2,3)25-19(23)22-13-15-12-17(14-8-5-4-6-9-14)24-16-10-7-11-21-18(15)16/h4-11,15,17H,12-13H2,1-3H3,(H,22,23)/t15-,17-/m0/s1. The predicted octanol–water partition coefficient (Wildman–Crippen LogP) is 4.21. The number of aromatic nitrogens is 1. The van der Waals surface area contributed by atoms with E-state index in [2.05, 4.69) is 22.4 Å². The topological polar surface area (TPSA) is 60.5 Å². The van der Waals surface area contributed by atoms with E-state index in [4.69, 9.17) is 9.47 Å². The Bertz CT molecular complexity index is 725. The van der Waals surface area contributed by atoms with Gasteiger partial charge in [-0.05, 0) is 44.9 Å². The number of hydrogen-bond donors (Lipinski definition) is 1. The molecule has 5 heteroatoms. The zero-order chi connectivity index (χ0) is 17.9. The lowest BCUT2D eigenvalue weighted by molar-refractivity contribution is 0.0516. The van der Waals surface area contributed by atoms with Crippen molar-refractivity contribution in [3.05, 3.63) is 59.9 Å². The van der Waals surface area contributed by atoms with Crippen LogP contribution in [0.1, 0.15) is 50.5 Å². The van der Waals surface area contributed by atoms with Gasteiger partial charge >= 0.3 is 6.09 Å². The third-order valence-electron chi connectivity index (χ3n) is 4.02. The highest BCUT2D eigenvalue weighted by molar-refractivity contribution is 5.67. The fraction of sp³-hybridized carbons (Fsp3) is 0.400. The normalized spacial score (nSPS) is 19.5. The van der Waals surface area contributed by atoms with Crippen LogP contribution < -0.4 is 10.1 Å². The van der Waals surface area contributed by atoms with E-state index >= 15 is 0 Å². The number of carbonyl (C=O) groups is 1. The van der Waals surface area contributed by atoms with Crippen LogP contribution in [0.5, 0.6) is 5.75 Å². The molecule has 0 spiro atoms. The number of rotatable bonds is 3. The summed E-state index contributed by atoms with van der Waals surface area (Å²) in [6.45, 7) is 6.02. The third kappa shape index (κ3) is 4.50.